The standard InChI is InChI=1S/C16H21N5O4/c1-13-15(21(23)24)12-20(17-13)5-4-16(22)19-8-6-18(7-9-19)11-14-3-2-10-25-14/h2-3,10,12H,4-9,11H2,1H3. The summed E-state index contributed by atoms with van der Waals surface area (Å²) in [6.45, 7) is 5.66. The molecule has 3 heterocycles. The molecule has 0 aliphatic carbocycles. The fourth-order valence-electron chi connectivity index (χ4n) is 2.95. The van der Waals surface area contributed by atoms with E-state index in [0.717, 1.165) is 25.4 Å². The first kappa shape index (κ1) is 17.2. The molecule has 0 radical (unpaired) electrons. The van der Waals surface area contributed by atoms with Crippen LogP contribution in [0.4, 0.5) is 5.69 Å². The van der Waals surface area contributed by atoms with Crippen molar-refractivity contribution in [1.82, 2.24) is 19.6 Å². The van der Waals surface area contributed by atoms with Crippen molar-refractivity contribution in [3.05, 3.63) is 46.2 Å². The van der Waals surface area contributed by atoms with Gasteiger partial charge < -0.3 is 9.32 Å². The normalized spacial score (nSPS) is 15.5. The molecule has 1 amide bonds. The molecule has 0 bridgehead atoms. The van der Waals surface area contributed by atoms with Crippen molar-refractivity contribution < 1.29 is 14.1 Å². The maximum Gasteiger partial charge on any atom is 0.309 e. The Morgan fingerprint density at radius 3 is 2.72 bits per heavy atom. The lowest BCUT2D eigenvalue weighted by atomic mass is 10.2. The number of carbonyl (C=O) groups is 1. The van der Waals surface area contributed by atoms with Gasteiger partial charge in [0.25, 0.3) is 0 Å². The maximum atomic E-state index is 12.3. The molecule has 1 aliphatic heterocycles. The molecular weight excluding hydrogens is 326 g/mol. The lowest BCUT2D eigenvalue weighted by Crippen LogP contribution is -2.48. The van der Waals surface area contributed by atoms with Gasteiger partial charge >= 0.3 is 5.69 Å². The maximum absolute atomic E-state index is 12.3. The first-order chi connectivity index (χ1) is 12.0. The van der Waals surface area contributed by atoms with Gasteiger partial charge in [-0.3, -0.25) is 24.5 Å². The monoisotopic (exact) mass is 347 g/mol. The Kier molecular flexibility index (Phi) is 5.13. The number of aryl methyl sites for hydroxylation is 2. The van der Waals surface area contributed by atoms with Crippen molar-refractivity contribution in [3.8, 4) is 0 Å². The number of piperazine rings is 1. The summed E-state index contributed by atoms with van der Waals surface area (Å²) in [7, 11) is 0. The van der Waals surface area contributed by atoms with Crippen LogP contribution in [0.2, 0.25) is 0 Å². The van der Waals surface area contributed by atoms with Gasteiger partial charge in [0.2, 0.25) is 5.91 Å². The number of nitrogens with zero attached hydrogens (tertiary/aromatic N) is 5. The topological polar surface area (TPSA) is 97.7 Å². The molecule has 9 nitrogen and oxygen atoms in total. The highest BCUT2D eigenvalue weighted by atomic mass is 16.6. The molecule has 0 atom stereocenters. The SMILES string of the molecule is Cc1nn(CCC(=O)N2CCN(Cc3ccco3)CC2)cc1[N+](=O)[O-]. The number of amides is 1. The summed E-state index contributed by atoms with van der Waals surface area (Å²) >= 11 is 0. The van der Waals surface area contributed by atoms with Crippen LogP contribution in [0.3, 0.4) is 0 Å². The molecule has 134 valence electrons. The van der Waals surface area contributed by atoms with Crippen molar-refractivity contribution in [2.45, 2.75) is 26.4 Å². The van der Waals surface area contributed by atoms with Crippen molar-refractivity contribution >= 4 is 11.6 Å². The smallest absolute Gasteiger partial charge is 0.309 e. The number of hydrogen-bond acceptors (Lipinski definition) is 6. The largest absolute Gasteiger partial charge is 0.468 e. The van der Waals surface area contributed by atoms with E-state index in [-0.39, 0.29) is 18.0 Å². The van der Waals surface area contributed by atoms with E-state index in [2.05, 4.69) is 10.00 Å². The molecule has 0 aromatic carbocycles. The van der Waals surface area contributed by atoms with Gasteiger partial charge in [-0.2, -0.15) is 5.10 Å². The number of nitro groups is 1. The predicted molar refractivity (Wildman–Crippen MR) is 88.8 cm³/mol. The number of furan rings is 1. The van der Waals surface area contributed by atoms with E-state index in [1.807, 2.05) is 17.0 Å². The van der Waals surface area contributed by atoms with Gasteiger partial charge in [0.05, 0.1) is 17.7 Å². The summed E-state index contributed by atoms with van der Waals surface area (Å²) < 4.78 is 6.82. The minimum absolute atomic E-state index is 0.0148. The third kappa shape index (κ3) is 4.24. The van der Waals surface area contributed by atoms with Crippen molar-refractivity contribution in [3.63, 3.8) is 0 Å². The molecule has 1 aliphatic rings. The Morgan fingerprint density at radius 1 is 1.36 bits per heavy atom. The van der Waals surface area contributed by atoms with Crippen LogP contribution in [0.5, 0.6) is 0 Å². The van der Waals surface area contributed by atoms with Gasteiger partial charge in [-0.05, 0) is 19.1 Å². The van der Waals surface area contributed by atoms with Crippen LogP contribution in [0.25, 0.3) is 0 Å². The Balaban J connectivity index is 1.45. The molecule has 3 rings (SSSR count). The first-order valence-electron chi connectivity index (χ1n) is 8.24. The van der Waals surface area contributed by atoms with Gasteiger partial charge in [-0.1, -0.05) is 0 Å². The Bertz CT molecular complexity index is 732. The number of hydrogen-bond donors (Lipinski definition) is 0. The highest BCUT2D eigenvalue weighted by molar-refractivity contribution is 5.76. The molecule has 0 spiro atoms. The van der Waals surface area contributed by atoms with Crippen LogP contribution >= 0.6 is 0 Å². The van der Waals surface area contributed by atoms with E-state index >= 15 is 0 Å². The highest BCUT2D eigenvalue weighted by Crippen LogP contribution is 2.15. The van der Waals surface area contributed by atoms with Crippen LogP contribution in [-0.2, 0) is 17.9 Å². The van der Waals surface area contributed by atoms with E-state index in [9.17, 15) is 14.9 Å². The van der Waals surface area contributed by atoms with Crippen molar-refractivity contribution in [2.75, 3.05) is 26.2 Å². The van der Waals surface area contributed by atoms with Gasteiger partial charge in [-0.25, -0.2) is 0 Å². The van der Waals surface area contributed by atoms with Crippen molar-refractivity contribution in [1.29, 1.82) is 0 Å². The number of rotatable bonds is 6. The fourth-order valence-corrected chi connectivity index (χ4v) is 2.95. The predicted octanol–water partition coefficient (Wildman–Crippen LogP) is 1.43. The number of carbonyl (C=O) groups excluding carboxylic acids is 1. The third-order valence-corrected chi connectivity index (χ3v) is 4.36. The van der Waals surface area contributed by atoms with Gasteiger partial charge in [-0.15, -0.1) is 0 Å². The first-order valence-corrected chi connectivity index (χ1v) is 8.24. The van der Waals surface area contributed by atoms with Gasteiger partial charge in [0.1, 0.15) is 17.7 Å². The molecule has 2 aromatic heterocycles. The summed E-state index contributed by atoms with van der Waals surface area (Å²) in [5.41, 5.74) is 0.350. The summed E-state index contributed by atoms with van der Waals surface area (Å²) in [5, 5.41) is 14.9. The molecule has 1 saturated heterocycles. The zero-order valence-electron chi connectivity index (χ0n) is 14.1. The Morgan fingerprint density at radius 2 is 2.12 bits per heavy atom. The zero-order chi connectivity index (χ0) is 17.8. The fraction of sp³-hybridized carbons (Fsp3) is 0.500. The average Bonchev–Trinajstić information content (AvgIpc) is 3.23. The van der Waals surface area contributed by atoms with Gasteiger partial charge in [0.15, 0.2) is 0 Å². The van der Waals surface area contributed by atoms with Crippen LogP contribution in [0.1, 0.15) is 17.9 Å². The van der Waals surface area contributed by atoms with E-state index in [0.29, 0.717) is 25.3 Å². The Hall–Kier alpha value is -2.68. The van der Waals surface area contributed by atoms with Crippen LogP contribution < -0.4 is 0 Å². The quantitative estimate of drug-likeness (QED) is 0.579. The van der Waals surface area contributed by atoms with E-state index in [1.165, 1.54) is 10.9 Å². The molecule has 25 heavy (non-hydrogen) atoms. The molecule has 9 heteroatoms. The molecule has 1 fully saturated rings. The van der Waals surface area contributed by atoms with E-state index in [1.54, 1.807) is 13.2 Å². The van der Waals surface area contributed by atoms with E-state index < -0.39 is 4.92 Å². The molecule has 0 N–H and O–H groups in total. The zero-order valence-corrected chi connectivity index (χ0v) is 14.1. The van der Waals surface area contributed by atoms with E-state index in [4.69, 9.17) is 4.42 Å². The molecule has 0 unspecified atom stereocenters. The second-order valence-electron chi connectivity index (χ2n) is 6.11. The summed E-state index contributed by atoms with van der Waals surface area (Å²) in [6, 6.07) is 3.82. The summed E-state index contributed by atoms with van der Waals surface area (Å²) in [6.07, 6.45) is 3.33. The third-order valence-electron chi connectivity index (χ3n) is 4.36. The van der Waals surface area contributed by atoms with Gasteiger partial charge in [0, 0.05) is 39.1 Å². The molecule has 2 aromatic rings. The highest BCUT2D eigenvalue weighted by Gasteiger charge is 2.22. The minimum atomic E-state index is -0.459. The van der Waals surface area contributed by atoms with Crippen LogP contribution in [0.15, 0.2) is 29.0 Å². The second kappa shape index (κ2) is 7.47. The summed E-state index contributed by atoms with van der Waals surface area (Å²) in [4.78, 5) is 26.8. The lowest BCUT2D eigenvalue weighted by Gasteiger charge is -2.34. The average molecular weight is 347 g/mol. The lowest BCUT2D eigenvalue weighted by molar-refractivity contribution is -0.385. The minimum Gasteiger partial charge on any atom is -0.468 e. The molecule has 0 saturated carbocycles. The van der Waals surface area contributed by atoms with Crippen LogP contribution in [0, 0.1) is 17.0 Å². The summed E-state index contributed by atoms with van der Waals surface area (Å²) in [5.74, 6) is 0.976. The Labute approximate surface area is 145 Å². The second-order valence-corrected chi connectivity index (χ2v) is 6.11. The van der Waals surface area contributed by atoms with Crippen LogP contribution in [-0.4, -0.2) is 56.6 Å². The molecular formula is C16H21N5O4. The van der Waals surface area contributed by atoms with Crippen molar-refractivity contribution in [2.24, 2.45) is 0 Å². The number of aromatic nitrogens is 2.